The highest BCUT2D eigenvalue weighted by atomic mass is 35.5. The molecule has 0 N–H and O–H groups in total. The number of carbonyl (C=O) groups excluding carboxylic acids is 1. The minimum Gasteiger partial charge on any atom is -0.360 e. The van der Waals surface area contributed by atoms with E-state index in [1.54, 1.807) is 22.0 Å². The lowest BCUT2D eigenvalue weighted by Gasteiger charge is -2.35. The molecule has 6 nitrogen and oxygen atoms in total. The number of carbonyl (C=O) groups is 1. The second kappa shape index (κ2) is 5.79. The number of halogens is 1. The number of aryl methyl sites for hydroxylation is 1. The van der Waals surface area contributed by atoms with E-state index in [1.807, 2.05) is 37.5 Å². The van der Waals surface area contributed by atoms with Gasteiger partial charge in [0.25, 0.3) is 0 Å². The SMILES string of the molecule is Cn1cc(N2CCN(c3ccnc4ccc(Cl)cc34)CC2=O)cn1. The molecule has 3 aromatic rings. The van der Waals surface area contributed by atoms with Crippen molar-refractivity contribution in [2.24, 2.45) is 7.05 Å². The molecule has 1 aliphatic rings. The molecular formula is C17H16ClN5O. The lowest BCUT2D eigenvalue weighted by molar-refractivity contribution is -0.117. The number of nitrogens with zero attached hydrogens (tertiary/aromatic N) is 5. The van der Waals surface area contributed by atoms with Crippen molar-refractivity contribution in [3.8, 4) is 0 Å². The predicted molar refractivity (Wildman–Crippen MR) is 94.5 cm³/mol. The molecule has 1 aliphatic heterocycles. The number of aromatic nitrogens is 3. The van der Waals surface area contributed by atoms with Gasteiger partial charge in [0, 0.05) is 48.6 Å². The van der Waals surface area contributed by atoms with Gasteiger partial charge in [-0.15, -0.1) is 0 Å². The molecule has 0 aliphatic carbocycles. The Kier molecular flexibility index (Phi) is 3.61. The van der Waals surface area contributed by atoms with Crippen LogP contribution in [0.2, 0.25) is 5.02 Å². The Morgan fingerprint density at radius 2 is 2.08 bits per heavy atom. The Morgan fingerprint density at radius 1 is 1.21 bits per heavy atom. The summed E-state index contributed by atoms with van der Waals surface area (Å²) in [5.41, 5.74) is 2.70. The topological polar surface area (TPSA) is 54.3 Å². The molecule has 0 saturated carbocycles. The quantitative estimate of drug-likeness (QED) is 0.718. The van der Waals surface area contributed by atoms with E-state index in [0.29, 0.717) is 18.1 Å². The van der Waals surface area contributed by atoms with Gasteiger partial charge in [-0.3, -0.25) is 14.5 Å². The highest BCUT2D eigenvalue weighted by molar-refractivity contribution is 6.31. The van der Waals surface area contributed by atoms with Crippen LogP contribution in [0, 0.1) is 0 Å². The molecule has 0 radical (unpaired) electrons. The molecule has 2 aromatic heterocycles. The maximum atomic E-state index is 12.6. The summed E-state index contributed by atoms with van der Waals surface area (Å²) in [4.78, 5) is 20.8. The van der Waals surface area contributed by atoms with Crippen molar-refractivity contribution in [1.29, 1.82) is 0 Å². The second-order valence-electron chi connectivity index (χ2n) is 5.83. The first kappa shape index (κ1) is 15.0. The summed E-state index contributed by atoms with van der Waals surface area (Å²) in [7, 11) is 1.84. The fraction of sp³-hybridized carbons (Fsp3) is 0.235. The average molecular weight is 342 g/mol. The van der Waals surface area contributed by atoms with Crippen LogP contribution in [0.15, 0.2) is 42.9 Å². The maximum absolute atomic E-state index is 12.6. The zero-order valence-corrected chi connectivity index (χ0v) is 13.9. The molecule has 122 valence electrons. The van der Waals surface area contributed by atoms with Crippen LogP contribution in [-0.2, 0) is 11.8 Å². The molecule has 3 heterocycles. The Labute approximate surface area is 144 Å². The maximum Gasteiger partial charge on any atom is 0.246 e. The number of hydrogen-bond acceptors (Lipinski definition) is 4. The number of rotatable bonds is 2. The third-order valence-electron chi connectivity index (χ3n) is 4.24. The molecule has 1 aromatic carbocycles. The summed E-state index contributed by atoms with van der Waals surface area (Å²) in [5, 5.41) is 5.77. The standard InChI is InChI=1S/C17H16ClN5O/c1-21-10-13(9-20-21)23-7-6-22(11-17(23)24)16-4-5-19-15-3-2-12(18)8-14(15)16/h2-5,8-10H,6-7,11H2,1H3. The van der Waals surface area contributed by atoms with Crippen LogP contribution in [-0.4, -0.2) is 40.3 Å². The van der Waals surface area contributed by atoms with Gasteiger partial charge < -0.3 is 9.80 Å². The van der Waals surface area contributed by atoms with Crippen molar-refractivity contribution in [1.82, 2.24) is 14.8 Å². The van der Waals surface area contributed by atoms with Gasteiger partial charge in [0.2, 0.25) is 5.91 Å². The summed E-state index contributed by atoms with van der Waals surface area (Å²) in [6.07, 6.45) is 5.34. The number of amides is 1. The van der Waals surface area contributed by atoms with E-state index in [0.717, 1.165) is 28.8 Å². The molecule has 0 atom stereocenters. The number of fused-ring (bicyclic) bond motifs is 1. The lowest BCUT2D eigenvalue weighted by atomic mass is 10.1. The van der Waals surface area contributed by atoms with Gasteiger partial charge in [-0.2, -0.15) is 5.10 Å². The molecular weight excluding hydrogens is 326 g/mol. The van der Waals surface area contributed by atoms with Crippen molar-refractivity contribution in [3.05, 3.63) is 47.9 Å². The molecule has 0 spiro atoms. The summed E-state index contributed by atoms with van der Waals surface area (Å²) < 4.78 is 1.70. The fourth-order valence-electron chi connectivity index (χ4n) is 3.08. The average Bonchev–Trinajstić information content (AvgIpc) is 3.00. The van der Waals surface area contributed by atoms with Gasteiger partial charge in [-0.1, -0.05) is 11.6 Å². The van der Waals surface area contributed by atoms with Gasteiger partial charge in [-0.25, -0.2) is 0 Å². The molecule has 1 fully saturated rings. The zero-order valence-electron chi connectivity index (χ0n) is 13.2. The van der Waals surface area contributed by atoms with Crippen LogP contribution in [0.25, 0.3) is 10.9 Å². The van der Waals surface area contributed by atoms with Gasteiger partial charge in [0.05, 0.1) is 23.9 Å². The molecule has 0 bridgehead atoms. The summed E-state index contributed by atoms with van der Waals surface area (Å²) in [6, 6.07) is 7.56. The second-order valence-corrected chi connectivity index (χ2v) is 6.27. The molecule has 4 rings (SSSR count). The fourth-order valence-corrected chi connectivity index (χ4v) is 3.25. The van der Waals surface area contributed by atoms with E-state index in [1.165, 1.54) is 0 Å². The predicted octanol–water partition coefficient (Wildman–Crippen LogP) is 2.47. The minimum absolute atomic E-state index is 0.0567. The van der Waals surface area contributed by atoms with Crippen LogP contribution in [0.1, 0.15) is 0 Å². The Morgan fingerprint density at radius 3 is 2.83 bits per heavy atom. The summed E-state index contributed by atoms with van der Waals surface area (Å²) in [5.74, 6) is 0.0567. The first-order valence-electron chi connectivity index (χ1n) is 7.70. The van der Waals surface area contributed by atoms with E-state index in [2.05, 4.69) is 15.0 Å². The smallest absolute Gasteiger partial charge is 0.246 e. The molecule has 0 unspecified atom stereocenters. The van der Waals surface area contributed by atoms with Gasteiger partial charge >= 0.3 is 0 Å². The summed E-state index contributed by atoms with van der Waals surface area (Å²) >= 11 is 6.13. The van der Waals surface area contributed by atoms with Gasteiger partial charge in [0.1, 0.15) is 0 Å². The number of anilines is 2. The number of piperazine rings is 1. The lowest BCUT2D eigenvalue weighted by Crippen LogP contribution is -2.50. The van der Waals surface area contributed by atoms with Crippen LogP contribution < -0.4 is 9.80 Å². The highest BCUT2D eigenvalue weighted by Crippen LogP contribution is 2.29. The van der Waals surface area contributed by atoms with E-state index in [-0.39, 0.29) is 5.91 Å². The molecule has 1 saturated heterocycles. The van der Waals surface area contributed by atoms with Crippen LogP contribution in [0.3, 0.4) is 0 Å². The third kappa shape index (κ3) is 2.59. The monoisotopic (exact) mass is 341 g/mol. The van der Waals surface area contributed by atoms with Crippen molar-refractivity contribution in [2.75, 3.05) is 29.4 Å². The van der Waals surface area contributed by atoms with Gasteiger partial charge in [0.15, 0.2) is 0 Å². The Bertz CT molecular complexity index is 922. The van der Waals surface area contributed by atoms with Crippen LogP contribution >= 0.6 is 11.6 Å². The van der Waals surface area contributed by atoms with Gasteiger partial charge in [-0.05, 0) is 24.3 Å². The van der Waals surface area contributed by atoms with E-state index < -0.39 is 0 Å². The van der Waals surface area contributed by atoms with Crippen molar-refractivity contribution in [2.45, 2.75) is 0 Å². The Balaban J connectivity index is 1.64. The molecule has 7 heteroatoms. The van der Waals surface area contributed by atoms with Crippen molar-refractivity contribution >= 4 is 39.8 Å². The van der Waals surface area contributed by atoms with E-state index >= 15 is 0 Å². The largest absolute Gasteiger partial charge is 0.360 e. The normalized spacial score (nSPS) is 15.3. The zero-order chi connectivity index (χ0) is 16.7. The first-order valence-corrected chi connectivity index (χ1v) is 8.08. The first-order chi connectivity index (χ1) is 11.6. The van der Waals surface area contributed by atoms with Crippen LogP contribution in [0.4, 0.5) is 11.4 Å². The highest BCUT2D eigenvalue weighted by Gasteiger charge is 2.26. The summed E-state index contributed by atoms with van der Waals surface area (Å²) in [6.45, 7) is 1.68. The number of benzene rings is 1. The number of pyridine rings is 1. The van der Waals surface area contributed by atoms with E-state index in [9.17, 15) is 4.79 Å². The molecule has 24 heavy (non-hydrogen) atoms. The number of hydrogen-bond donors (Lipinski definition) is 0. The van der Waals surface area contributed by atoms with Crippen molar-refractivity contribution < 1.29 is 4.79 Å². The molecule has 1 amide bonds. The third-order valence-corrected chi connectivity index (χ3v) is 4.48. The van der Waals surface area contributed by atoms with Crippen LogP contribution in [0.5, 0.6) is 0 Å². The van der Waals surface area contributed by atoms with E-state index in [4.69, 9.17) is 11.6 Å². The Hall–Kier alpha value is -2.60. The minimum atomic E-state index is 0.0567. The van der Waals surface area contributed by atoms with Crippen molar-refractivity contribution in [3.63, 3.8) is 0 Å².